The molecule has 4 amide bonds. The van der Waals surface area contributed by atoms with Crippen LogP contribution in [0.3, 0.4) is 0 Å². The first-order valence-electron chi connectivity index (χ1n) is 32.9. The van der Waals surface area contributed by atoms with Crippen LogP contribution < -0.4 is 50.0 Å². The Labute approximate surface area is 604 Å². The number of amidine groups is 2. The standard InChI is InChI=1S/C31H46N4O5S.C30H44N4O5S.C3H9IOS.C2H7IS.Na.H/c1-19-8-10-22(11-9-19)27-32-28(36)31(33-27)12-14-35(15-13-31)41(38,39)25-18-24(25)26-20(2)16-23(17-21(26)3)34(7)29(37)40-30(4,5)6;1-20-8-10-23(11-9-20)26-31-27(35)30(32-26)13-15-34(16-14-30)40(37,38)17-12-25-21(2)18-24(19-22(25)3)33(7)28(36)39-29(4,5)6;1-6(2,3,4)5;1-4(2)3;;/h16-17,19,22,24-25H,8-15,18H2,1-7H3,(H,32,33,36);12,17-20,23H,8-11,13-16H2,1-7H3,(H,31,32,35);1-3H3;4H,1-2H3;;/q;;;;+1;-1/b;17-12+;;;;/i;;;1D,4D;;. The molecule has 26 heteroatoms. The Morgan fingerprint density at radius 2 is 1.05 bits per heavy atom. The summed E-state index contributed by atoms with van der Waals surface area (Å²) in [6.45, 7) is 24.3. The Bertz CT molecular complexity index is 3440. The van der Waals surface area contributed by atoms with Crippen molar-refractivity contribution in [2.24, 2.45) is 33.7 Å². The molecule has 2 spiro atoms. The van der Waals surface area contributed by atoms with Crippen LogP contribution in [0, 0.1) is 51.4 Å². The van der Waals surface area contributed by atoms with E-state index in [1.165, 1.54) is 19.5 Å². The number of halogens is 2. The van der Waals surface area contributed by atoms with Gasteiger partial charge in [0.25, 0.3) is 11.8 Å². The van der Waals surface area contributed by atoms with Crippen molar-refractivity contribution in [3.8, 4) is 0 Å². The summed E-state index contributed by atoms with van der Waals surface area (Å²) in [5.74, 6) is 3.45. The average Bonchev–Trinajstić information content (AvgIpc) is 1.59. The van der Waals surface area contributed by atoms with Crippen molar-refractivity contribution in [3.63, 3.8) is 0 Å². The van der Waals surface area contributed by atoms with E-state index in [1.807, 2.05) is 136 Å². The molecular formula is C66H107I2N8NaO11S4. The largest absolute Gasteiger partial charge is 1.00 e. The van der Waals surface area contributed by atoms with Crippen LogP contribution in [-0.2, 0) is 45.3 Å². The first-order chi connectivity index (χ1) is 42.5. The van der Waals surface area contributed by atoms with E-state index in [1.54, 1.807) is 49.5 Å². The van der Waals surface area contributed by atoms with Gasteiger partial charge in [0, 0.05) is 97.4 Å². The maximum absolute atomic E-state index is 13.7. The molecule has 0 radical (unpaired) electrons. The minimum Gasteiger partial charge on any atom is -1.00 e. The molecule has 4 heterocycles. The van der Waals surface area contributed by atoms with Gasteiger partial charge in [-0.05, 0) is 255 Å². The van der Waals surface area contributed by atoms with Crippen LogP contribution >= 0.6 is 50.4 Å². The van der Waals surface area contributed by atoms with Crippen molar-refractivity contribution >= 4 is 130 Å². The summed E-state index contributed by atoms with van der Waals surface area (Å²) >= 11 is 3.97. The molecule has 7 aliphatic rings. The molecular weight excluding hydrogens is 1490 g/mol. The number of nitrogens with one attached hydrogen (secondary N) is 2. The van der Waals surface area contributed by atoms with E-state index in [4.69, 9.17) is 22.0 Å². The van der Waals surface area contributed by atoms with Crippen LogP contribution in [0.5, 0.6) is 0 Å². The number of anilines is 2. The molecule has 2 saturated heterocycles. The third-order valence-corrected chi connectivity index (χ3v) is 21.7. The molecule has 19 nitrogen and oxygen atoms in total. The number of ether oxygens (including phenoxy) is 2. The summed E-state index contributed by atoms with van der Waals surface area (Å²) < 4.78 is 92.4. The molecule has 5 fully saturated rings. The minimum absolute atomic E-state index is 0. The van der Waals surface area contributed by atoms with E-state index >= 15 is 0 Å². The van der Waals surface area contributed by atoms with Crippen LogP contribution in [0.25, 0.3) is 6.08 Å². The maximum atomic E-state index is 13.7. The number of aryl methyl sites for hydroxylation is 4. The van der Waals surface area contributed by atoms with E-state index in [0.717, 1.165) is 108 Å². The molecule has 2 aromatic carbocycles. The molecule has 516 valence electrons. The number of sulfonamides is 2. The molecule has 4 aliphatic heterocycles. The summed E-state index contributed by atoms with van der Waals surface area (Å²) in [6.07, 6.45) is 16.9. The van der Waals surface area contributed by atoms with Crippen LogP contribution in [0.4, 0.5) is 21.0 Å². The first kappa shape index (κ1) is 77.1. The predicted molar refractivity (Wildman–Crippen MR) is 396 cm³/mol. The second-order valence-electron chi connectivity index (χ2n) is 29.3. The summed E-state index contributed by atoms with van der Waals surface area (Å²) in [6, 6.07) is 7.55. The molecule has 3 aliphatic carbocycles. The average molecular weight is 1600 g/mol. The maximum Gasteiger partial charge on any atom is 1.00 e. The van der Waals surface area contributed by atoms with Gasteiger partial charge in [0.05, 0.1) is 6.37 Å². The van der Waals surface area contributed by atoms with Crippen molar-refractivity contribution in [3.05, 3.63) is 63.1 Å². The van der Waals surface area contributed by atoms with Crippen LogP contribution in [-0.4, -0.2) is 166 Å². The summed E-state index contributed by atoms with van der Waals surface area (Å²) in [7, 11) is -5.15. The number of hydrogen-bond acceptors (Lipinski definition) is 13. The topological polar surface area (TPSA) is 234 Å². The third kappa shape index (κ3) is 22.4. The molecule has 0 bridgehead atoms. The zero-order chi connectivity index (χ0) is 70.0. The van der Waals surface area contributed by atoms with Crippen molar-refractivity contribution in [1.29, 1.82) is 1.12 Å². The Kier molecular flexibility index (Phi) is 26.3. The number of aliphatic imine (C=N–C) groups is 2. The zero-order valence-electron chi connectivity index (χ0n) is 61.2. The van der Waals surface area contributed by atoms with Gasteiger partial charge in [-0.2, -0.15) is 4.31 Å². The zero-order valence-corrected chi connectivity index (χ0v) is 67.8. The second kappa shape index (κ2) is 31.3. The van der Waals surface area contributed by atoms with Gasteiger partial charge in [0.1, 0.15) is 34.0 Å². The van der Waals surface area contributed by atoms with E-state index < -0.39 is 74.0 Å². The summed E-state index contributed by atoms with van der Waals surface area (Å²) in [5, 5.41) is 6.88. The smallest absolute Gasteiger partial charge is 1.00 e. The van der Waals surface area contributed by atoms with Gasteiger partial charge in [-0.3, -0.25) is 33.6 Å². The van der Waals surface area contributed by atoms with Gasteiger partial charge in [-0.15, -0.1) is 0 Å². The fraction of sp³-hybridized carbons (Fsp3) is 0.697. The third-order valence-electron chi connectivity index (χ3n) is 17.8. The van der Waals surface area contributed by atoms with E-state index in [-0.39, 0.29) is 68.0 Å². The summed E-state index contributed by atoms with van der Waals surface area (Å²) in [4.78, 5) is 63.8. The van der Waals surface area contributed by atoms with Gasteiger partial charge in [0.2, 0.25) is 20.0 Å². The van der Waals surface area contributed by atoms with Crippen molar-refractivity contribution in [2.75, 3.05) is 81.3 Å². The molecule has 3 unspecified atom stereocenters. The molecule has 3 atom stereocenters. The van der Waals surface area contributed by atoms with Gasteiger partial charge in [-0.25, -0.2) is 38.7 Å². The van der Waals surface area contributed by atoms with Gasteiger partial charge in [0.15, 0.2) is 0 Å². The monoisotopic (exact) mass is 1590 g/mol. The molecule has 9 rings (SSSR count). The predicted octanol–water partition coefficient (Wildman–Crippen LogP) is 9.97. The van der Waals surface area contributed by atoms with Crippen molar-refractivity contribution in [1.82, 2.24) is 19.2 Å². The number of piperidine rings is 2. The molecule has 3 saturated carbocycles. The van der Waals surface area contributed by atoms with Crippen molar-refractivity contribution in [2.45, 2.75) is 200 Å². The van der Waals surface area contributed by atoms with Crippen LogP contribution in [0.15, 0.2) is 39.7 Å². The number of benzene rings is 2. The molecule has 2 N–H and O–H groups in total. The Balaban J connectivity index is 0.000000339. The number of carbonyl (C=O) groups excluding carboxylic acids is 4. The quantitative estimate of drug-likeness (QED) is 0.0876. The Morgan fingerprint density at radius 3 is 1.39 bits per heavy atom. The number of thiol groups is 1. The van der Waals surface area contributed by atoms with Gasteiger partial charge in [-0.1, -0.05) is 45.8 Å². The Morgan fingerprint density at radius 1 is 0.717 bits per heavy atom. The number of carbonyl (C=O) groups is 4. The normalized spacial score (nSPS) is 25.8. The van der Waals surface area contributed by atoms with E-state index in [2.05, 4.69) is 24.5 Å². The number of hydrogen-bond donors (Lipinski definition) is 3. The number of nitrogens with zero attached hydrogens (tertiary/aromatic N) is 6. The molecule has 0 aromatic heterocycles. The second-order valence-corrected chi connectivity index (χ2v) is 52.4. The van der Waals surface area contributed by atoms with Gasteiger partial charge >= 0.3 is 41.7 Å². The van der Waals surface area contributed by atoms with Gasteiger partial charge < -0.3 is 21.5 Å². The molecule has 2 aromatic rings. The van der Waals surface area contributed by atoms with Crippen molar-refractivity contribution < 1.29 is 82.1 Å². The van der Waals surface area contributed by atoms with Crippen LogP contribution in [0.2, 0.25) is 0 Å². The number of rotatable bonds is 10. The fourth-order valence-electron chi connectivity index (χ4n) is 12.7. The van der Waals surface area contributed by atoms with Crippen LogP contribution in [0.1, 0.15) is 181 Å². The van der Waals surface area contributed by atoms with E-state index in [9.17, 15) is 40.2 Å². The Hall–Kier alpha value is -2.22. The number of amides is 4. The SMILES string of the molecule is CS(C)(C)(=O)I.Cc1cc(N(C)C(=O)OC(C)(C)C)cc(C)c1/C=C/S(=O)(=O)N1CCC2(CC1)N=C(C1CCC(C)CC1)NC2=O.Cc1cc(N(C)C(=O)OC(C)(C)C)cc(C)c1C1CC1S(=O)(=O)N1CCC2(CC1)N=C(C1CCC(C)CC1)NC2=O.[2H]CS([2H])(C)I.[H-].[Na+]. The first-order valence-corrected chi connectivity index (χ1v) is 44.8. The molecule has 92 heavy (non-hydrogen) atoms. The fourth-order valence-corrected chi connectivity index (χ4v) is 15.9. The van der Waals surface area contributed by atoms with E-state index in [0.29, 0.717) is 68.6 Å². The minimum atomic E-state index is -3.69. The summed E-state index contributed by atoms with van der Waals surface area (Å²) in [5.41, 5.74) is 3.97.